The fourth-order valence-corrected chi connectivity index (χ4v) is 2.45. The number of para-hydroxylation sites is 1. The van der Waals surface area contributed by atoms with Gasteiger partial charge in [0, 0.05) is 18.9 Å². The molecule has 0 aliphatic heterocycles. The van der Waals surface area contributed by atoms with Crippen molar-refractivity contribution in [3.05, 3.63) is 89.2 Å². The van der Waals surface area contributed by atoms with Gasteiger partial charge in [-0.05, 0) is 30.7 Å². The fraction of sp³-hybridized carbons (Fsp3) is 0.0952. The molecule has 2 aromatic carbocycles. The number of anilines is 2. The number of benzene rings is 2. The molecule has 5 nitrogen and oxygen atoms in total. The van der Waals surface area contributed by atoms with E-state index >= 15 is 0 Å². The molecule has 26 heavy (non-hydrogen) atoms. The zero-order valence-corrected chi connectivity index (χ0v) is 14.4. The third-order valence-corrected chi connectivity index (χ3v) is 3.91. The van der Waals surface area contributed by atoms with Crippen LogP contribution in [0.5, 0.6) is 0 Å². The molecular weight excluding hydrogens is 324 g/mol. The highest BCUT2D eigenvalue weighted by atomic mass is 16.1. The Balaban J connectivity index is 1.69. The van der Waals surface area contributed by atoms with E-state index in [4.69, 9.17) is 5.26 Å². The van der Waals surface area contributed by atoms with Crippen LogP contribution in [0.1, 0.15) is 27.0 Å². The Bertz CT molecular complexity index is 958. The third-order valence-electron chi connectivity index (χ3n) is 3.91. The summed E-state index contributed by atoms with van der Waals surface area (Å²) in [5.41, 5.74) is 4.44. The zero-order valence-electron chi connectivity index (χ0n) is 14.4. The molecule has 2 N–H and O–H groups in total. The minimum atomic E-state index is -0.306. The van der Waals surface area contributed by atoms with E-state index in [1.54, 1.807) is 36.5 Å². The van der Waals surface area contributed by atoms with Gasteiger partial charge in [-0.25, -0.2) is 0 Å². The zero-order chi connectivity index (χ0) is 18.4. The van der Waals surface area contributed by atoms with Crippen molar-refractivity contribution < 1.29 is 4.79 Å². The second-order valence-electron chi connectivity index (χ2n) is 5.91. The van der Waals surface area contributed by atoms with Crippen LogP contribution in [-0.2, 0) is 6.54 Å². The van der Waals surface area contributed by atoms with Gasteiger partial charge in [-0.15, -0.1) is 0 Å². The molecule has 1 aromatic heterocycles. The number of aryl methyl sites for hydroxylation is 1. The number of aromatic nitrogens is 1. The first kappa shape index (κ1) is 17.2. The van der Waals surface area contributed by atoms with Gasteiger partial charge in [-0.2, -0.15) is 5.26 Å². The van der Waals surface area contributed by atoms with Crippen molar-refractivity contribution in [3.63, 3.8) is 0 Å². The number of hydrogen-bond acceptors (Lipinski definition) is 4. The molecule has 0 atom stereocenters. The lowest BCUT2D eigenvalue weighted by Gasteiger charge is -2.09. The van der Waals surface area contributed by atoms with E-state index in [1.807, 2.05) is 6.92 Å². The summed E-state index contributed by atoms with van der Waals surface area (Å²) in [5, 5.41) is 15.1. The molecule has 0 spiro atoms. The number of nitrogens with one attached hydrogen (secondary N) is 2. The van der Waals surface area contributed by atoms with E-state index in [0.717, 1.165) is 11.3 Å². The molecule has 3 aromatic rings. The molecule has 0 unspecified atom stereocenters. The highest BCUT2D eigenvalue weighted by molar-refractivity contribution is 6.05. The number of carbonyl (C=O) groups is 1. The van der Waals surface area contributed by atoms with Crippen LogP contribution in [0.2, 0.25) is 0 Å². The fourth-order valence-electron chi connectivity index (χ4n) is 2.45. The van der Waals surface area contributed by atoms with Gasteiger partial charge in [-0.3, -0.25) is 9.78 Å². The summed E-state index contributed by atoms with van der Waals surface area (Å²) in [6, 6.07) is 18.9. The second-order valence-corrected chi connectivity index (χ2v) is 5.91. The van der Waals surface area contributed by atoms with Crippen molar-refractivity contribution >= 4 is 17.3 Å². The summed E-state index contributed by atoms with van der Waals surface area (Å²) in [4.78, 5) is 16.6. The molecule has 128 valence electrons. The van der Waals surface area contributed by atoms with Crippen molar-refractivity contribution in [2.24, 2.45) is 0 Å². The molecule has 1 heterocycles. The maximum atomic E-state index is 12.5. The summed E-state index contributed by atoms with van der Waals surface area (Å²) in [5.74, 6) is -0.306. The van der Waals surface area contributed by atoms with E-state index in [1.165, 1.54) is 11.8 Å². The number of rotatable bonds is 5. The molecule has 1 amide bonds. The van der Waals surface area contributed by atoms with Crippen molar-refractivity contribution in [3.8, 4) is 6.07 Å². The lowest BCUT2D eigenvalue weighted by atomic mass is 10.1. The SMILES string of the molecule is Cc1ccc(CNc2cncc(C(=O)Nc3ccccc3C#N)c2)cc1. The van der Waals surface area contributed by atoms with Crippen LogP contribution in [0, 0.1) is 18.3 Å². The molecule has 0 aliphatic rings. The Labute approximate surface area is 152 Å². The monoisotopic (exact) mass is 342 g/mol. The molecule has 0 radical (unpaired) electrons. The molecule has 0 bridgehead atoms. The molecule has 5 heteroatoms. The quantitative estimate of drug-likeness (QED) is 0.731. The summed E-state index contributed by atoms with van der Waals surface area (Å²) >= 11 is 0. The van der Waals surface area contributed by atoms with Crippen molar-refractivity contribution in [1.82, 2.24) is 4.98 Å². The van der Waals surface area contributed by atoms with E-state index in [9.17, 15) is 4.79 Å². The predicted octanol–water partition coefficient (Wildman–Crippen LogP) is 4.13. The van der Waals surface area contributed by atoms with Gasteiger partial charge in [0.1, 0.15) is 6.07 Å². The van der Waals surface area contributed by atoms with E-state index < -0.39 is 0 Å². The summed E-state index contributed by atoms with van der Waals surface area (Å²) in [7, 11) is 0. The van der Waals surface area contributed by atoms with Crippen LogP contribution in [0.4, 0.5) is 11.4 Å². The lowest BCUT2D eigenvalue weighted by molar-refractivity contribution is 0.102. The summed E-state index contributed by atoms with van der Waals surface area (Å²) in [6.45, 7) is 2.69. The van der Waals surface area contributed by atoms with Gasteiger partial charge in [0.05, 0.1) is 22.5 Å². The Hall–Kier alpha value is -3.65. The second kappa shape index (κ2) is 7.95. The Morgan fingerprint density at radius 2 is 1.88 bits per heavy atom. The van der Waals surface area contributed by atoms with Gasteiger partial charge in [-0.1, -0.05) is 42.0 Å². The minimum absolute atomic E-state index is 0.306. The van der Waals surface area contributed by atoms with Crippen LogP contribution >= 0.6 is 0 Å². The van der Waals surface area contributed by atoms with Crippen molar-refractivity contribution in [2.45, 2.75) is 13.5 Å². The maximum Gasteiger partial charge on any atom is 0.257 e. The van der Waals surface area contributed by atoms with Crippen LogP contribution in [0.15, 0.2) is 67.0 Å². The van der Waals surface area contributed by atoms with Gasteiger partial charge in [0.15, 0.2) is 0 Å². The van der Waals surface area contributed by atoms with Crippen LogP contribution in [-0.4, -0.2) is 10.9 Å². The first-order chi connectivity index (χ1) is 12.7. The Kier molecular flexibility index (Phi) is 5.25. The normalized spacial score (nSPS) is 10.0. The topological polar surface area (TPSA) is 77.8 Å². The van der Waals surface area contributed by atoms with E-state index in [0.29, 0.717) is 23.4 Å². The largest absolute Gasteiger partial charge is 0.380 e. The van der Waals surface area contributed by atoms with Crippen LogP contribution in [0.25, 0.3) is 0 Å². The molecule has 0 aliphatic carbocycles. The average Bonchev–Trinajstić information content (AvgIpc) is 2.68. The number of amides is 1. The van der Waals surface area contributed by atoms with Gasteiger partial charge < -0.3 is 10.6 Å². The average molecular weight is 342 g/mol. The number of carbonyl (C=O) groups excluding carboxylic acids is 1. The van der Waals surface area contributed by atoms with E-state index in [-0.39, 0.29) is 5.91 Å². The standard InChI is InChI=1S/C21H18N4O/c1-15-6-8-16(9-7-15)12-24-19-10-18(13-23-14-19)21(26)25-20-5-3-2-4-17(20)11-22/h2-10,13-14,24H,12H2,1H3,(H,25,26). The first-order valence-corrected chi connectivity index (χ1v) is 8.20. The highest BCUT2D eigenvalue weighted by Gasteiger charge is 2.10. The number of pyridine rings is 1. The Morgan fingerprint density at radius 3 is 2.65 bits per heavy atom. The van der Waals surface area contributed by atoms with Crippen molar-refractivity contribution in [1.29, 1.82) is 5.26 Å². The molecule has 0 saturated carbocycles. The predicted molar refractivity (Wildman–Crippen MR) is 102 cm³/mol. The number of nitrogens with zero attached hydrogens (tertiary/aromatic N) is 2. The molecular formula is C21H18N4O. The minimum Gasteiger partial charge on any atom is -0.380 e. The van der Waals surface area contributed by atoms with Crippen LogP contribution < -0.4 is 10.6 Å². The molecule has 0 fully saturated rings. The van der Waals surface area contributed by atoms with Crippen LogP contribution in [0.3, 0.4) is 0 Å². The third kappa shape index (κ3) is 4.25. The van der Waals surface area contributed by atoms with Crippen molar-refractivity contribution in [2.75, 3.05) is 10.6 Å². The molecule has 0 saturated heterocycles. The molecule has 3 rings (SSSR count). The first-order valence-electron chi connectivity index (χ1n) is 8.20. The van der Waals surface area contributed by atoms with Gasteiger partial charge >= 0.3 is 0 Å². The smallest absolute Gasteiger partial charge is 0.257 e. The highest BCUT2D eigenvalue weighted by Crippen LogP contribution is 2.16. The van der Waals surface area contributed by atoms with Gasteiger partial charge in [0.25, 0.3) is 5.91 Å². The number of hydrogen-bond donors (Lipinski definition) is 2. The summed E-state index contributed by atoms with van der Waals surface area (Å²) in [6.07, 6.45) is 3.18. The maximum absolute atomic E-state index is 12.5. The van der Waals surface area contributed by atoms with E-state index in [2.05, 4.69) is 46.0 Å². The lowest BCUT2D eigenvalue weighted by Crippen LogP contribution is -2.13. The number of nitriles is 1. The Morgan fingerprint density at radius 1 is 1.12 bits per heavy atom. The summed E-state index contributed by atoms with van der Waals surface area (Å²) < 4.78 is 0. The van der Waals surface area contributed by atoms with Gasteiger partial charge in [0.2, 0.25) is 0 Å².